The lowest BCUT2D eigenvalue weighted by atomic mass is 9.94. The standard InChI is InChI=1S/C19H21NO3/c21-12-14-8-9-20(11-17(14)22)10-13-4-3-6-16-15-5-1-2-7-18(15)23-19(13)16/h1-7,14,17,21-22H,8-12H2/t14-,17-/m1/s1. The molecule has 1 aliphatic heterocycles. The highest BCUT2D eigenvalue weighted by molar-refractivity contribution is 6.05. The van der Waals surface area contributed by atoms with E-state index in [1.165, 1.54) is 0 Å². The number of β-amino-alcohol motifs (C(OH)–C–C–N with tert-alkyl or cyclic N) is 1. The van der Waals surface area contributed by atoms with Gasteiger partial charge < -0.3 is 14.6 Å². The number of para-hydroxylation sites is 2. The van der Waals surface area contributed by atoms with E-state index in [4.69, 9.17) is 4.42 Å². The van der Waals surface area contributed by atoms with Gasteiger partial charge in [-0.15, -0.1) is 0 Å². The normalized spacial score (nSPS) is 22.9. The molecular formula is C19H21NO3. The summed E-state index contributed by atoms with van der Waals surface area (Å²) in [6, 6.07) is 14.3. The van der Waals surface area contributed by atoms with Gasteiger partial charge in [0.05, 0.1) is 6.10 Å². The second kappa shape index (κ2) is 5.96. The minimum Gasteiger partial charge on any atom is -0.456 e. The molecule has 2 atom stereocenters. The van der Waals surface area contributed by atoms with Crippen molar-refractivity contribution in [2.75, 3.05) is 19.7 Å². The fourth-order valence-corrected chi connectivity index (χ4v) is 3.57. The molecule has 1 fully saturated rings. The van der Waals surface area contributed by atoms with Gasteiger partial charge in [-0.25, -0.2) is 0 Å². The molecule has 0 unspecified atom stereocenters. The van der Waals surface area contributed by atoms with Crippen LogP contribution in [0.15, 0.2) is 46.9 Å². The van der Waals surface area contributed by atoms with Crippen LogP contribution in [0, 0.1) is 5.92 Å². The van der Waals surface area contributed by atoms with Crippen LogP contribution in [0.5, 0.6) is 0 Å². The Hall–Kier alpha value is -1.88. The molecule has 0 amide bonds. The zero-order valence-corrected chi connectivity index (χ0v) is 13.0. The highest BCUT2D eigenvalue weighted by atomic mass is 16.3. The summed E-state index contributed by atoms with van der Waals surface area (Å²) >= 11 is 0. The Morgan fingerprint density at radius 1 is 1.09 bits per heavy atom. The minimum atomic E-state index is -0.455. The highest BCUT2D eigenvalue weighted by Crippen LogP contribution is 2.31. The molecule has 0 spiro atoms. The molecule has 2 heterocycles. The molecule has 3 aromatic rings. The number of aliphatic hydroxyl groups excluding tert-OH is 2. The average Bonchev–Trinajstić information content (AvgIpc) is 2.95. The van der Waals surface area contributed by atoms with Crippen LogP contribution >= 0.6 is 0 Å². The van der Waals surface area contributed by atoms with Crippen LogP contribution < -0.4 is 0 Å². The number of aliphatic hydroxyl groups is 2. The molecule has 0 saturated carbocycles. The largest absolute Gasteiger partial charge is 0.456 e. The van der Waals surface area contributed by atoms with Gasteiger partial charge in [0.15, 0.2) is 0 Å². The molecule has 4 rings (SSSR count). The van der Waals surface area contributed by atoms with Crippen molar-refractivity contribution in [2.45, 2.75) is 19.1 Å². The number of furan rings is 1. The predicted octanol–water partition coefficient (Wildman–Crippen LogP) is 2.76. The summed E-state index contributed by atoms with van der Waals surface area (Å²) in [5.74, 6) is 0.00763. The average molecular weight is 311 g/mol. The maximum Gasteiger partial charge on any atom is 0.139 e. The van der Waals surface area contributed by atoms with Gasteiger partial charge in [-0.3, -0.25) is 4.90 Å². The molecule has 0 radical (unpaired) electrons. The number of rotatable bonds is 3. The quantitative estimate of drug-likeness (QED) is 0.781. The zero-order chi connectivity index (χ0) is 15.8. The summed E-state index contributed by atoms with van der Waals surface area (Å²) in [6.45, 7) is 2.31. The first-order valence-electron chi connectivity index (χ1n) is 8.16. The van der Waals surface area contributed by atoms with Crippen molar-refractivity contribution < 1.29 is 14.6 Å². The first-order chi connectivity index (χ1) is 11.3. The molecule has 0 bridgehead atoms. The van der Waals surface area contributed by atoms with Gasteiger partial charge >= 0.3 is 0 Å². The highest BCUT2D eigenvalue weighted by Gasteiger charge is 2.27. The number of nitrogens with zero attached hydrogens (tertiary/aromatic N) is 1. The van der Waals surface area contributed by atoms with Gasteiger partial charge in [-0.1, -0.05) is 36.4 Å². The van der Waals surface area contributed by atoms with Gasteiger partial charge in [0.1, 0.15) is 11.2 Å². The molecule has 1 aromatic heterocycles. The lowest BCUT2D eigenvalue weighted by molar-refractivity contribution is -0.00439. The van der Waals surface area contributed by atoms with E-state index < -0.39 is 6.10 Å². The van der Waals surface area contributed by atoms with Crippen molar-refractivity contribution in [3.8, 4) is 0 Å². The van der Waals surface area contributed by atoms with E-state index in [9.17, 15) is 10.2 Å². The van der Waals surface area contributed by atoms with E-state index in [0.717, 1.165) is 47.0 Å². The predicted molar refractivity (Wildman–Crippen MR) is 90.2 cm³/mol. The number of likely N-dealkylation sites (tertiary alicyclic amines) is 1. The second-order valence-electron chi connectivity index (χ2n) is 6.43. The molecule has 120 valence electrons. The Labute approximate surface area is 134 Å². The third kappa shape index (κ3) is 2.63. The Kier molecular flexibility index (Phi) is 3.81. The molecule has 4 heteroatoms. The summed E-state index contributed by atoms with van der Waals surface area (Å²) in [4.78, 5) is 2.23. The van der Waals surface area contributed by atoms with Crippen LogP contribution in [-0.2, 0) is 6.54 Å². The lowest BCUT2D eigenvalue weighted by Gasteiger charge is -2.35. The molecular weight excluding hydrogens is 290 g/mol. The number of piperidine rings is 1. The van der Waals surface area contributed by atoms with Crippen LogP contribution in [0.25, 0.3) is 21.9 Å². The summed E-state index contributed by atoms with van der Waals surface area (Å²) < 4.78 is 6.07. The fraction of sp³-hybridized carbons (Fsp3) is 0.368. The monoisotopic (exact) mass is 311 g/mol. The van der Waals surface area contributed by atoms with Crippen molar-refractivity contribution >= 4 is 21.9 Å². The first kappa shape index (κ1) is 14.7. The number of hydrogen-bond acceptors (Lipinski definition) is 4. The minimum absolute atomic E-state index is 0.00763. The van der Waals surface area contributed by atoms with Crippen molar-refractivity contribution in [3.05, 3.63) is 48.0 Å². The van der Waals surface area contributed by atoms with Gasteiger partial charge in [0.25, 0.3) is 0 Å². The summed E-state index contributed by atoms with van der Waals surface area (Å²) in [6.07, 6.45) is 0.372. The molecule has 1 aliphatic rings. The topological polar surface area (TPSA) is 56.8 Å². The molecule has 23 heavy (non-hydrogen) atoms. The van der Waals surface area contributed by atoms with Crippen molar-refractivity contribution in [1.29, 1.82) is 0 Å². The Morgan fingerprint density at radius 2 is 1.91 bits per heavy atom. The lowest BCUT2D eigenvalue weighted by Crippen LogP contribution is -2.44. The number of fused-ring (bicyclic) bond motifs is 3. The van der Waals surface area contributed by atoms with Gasteiger partial charge in [-0.05, 0) is 19.0 Å². The maximum atomic E-state index is 10.1. The summed E-state index contributed by atoms with van der Waals surface area (Å²) in [5.41, 5.74) is 3.00. The van der Waals surface area contributed by atoms with Gasteiger partial charge in [-0.2, -0.15) is 0 Å². The van der Waals surface area contributed by atoms with E-state index in [2.05, 4.69) is 29.2 Å². The zero-order valence-electron chi connectivity index (χ0n) is 13.0. The van der Waals surface area contributed by atoms with Crippen LogP contribution in [0.1, 0.15) is 12.0 Å². The van der Waals surface area contributed by atoms with E-state index in [1.807, 2.05) is 18.2 Å². The van der Waals surface area contributed by atoms with Gasteiger partial charge in [0, 0.05) is 42.0 Å². The summed E-state index contributed by atoms with van der Waals surface area (Å²) in [7, 11) is 0. The van der Waals surface area contributed by atoms with E-state index in [1.54, 1.807) is 0 Å². The molecule has 2 aromatic carbocycles. The third-order valence-electron chi connectivity index (χ3n) is 4.92. The van der Waals surface area contributed by atoms with Crippen LogP contribution in [0.3, 0.4) is 0 Å². The van der Waals surface area contributed by atoms with Crippen LogP contribution in [-0.4, -0.2) is 40.9 Å². The van der Waals surface area contributed by atoms with Crippen molar-refractivity contribution in [3.63, 3.8) is 0 Å². The second-order valence-corrected chi connectivity index (χ2v) is 6.43. The van der Waals surface area contributed by atoms with E-state index in [-0.39, 0.29) is 12.5 Å². The summed E-state index contributed by atoms with van der Waals surface area (Å²) in [5, 5.41) is 21.7. The molecule has 4 nitrogen and oxygen atoms in total. The molecule has 0 aliphatic carbocycles. The Bertz CT molecular complexity index is 826. The van der Waals surface area contributed by atoms with Gasteiger partial charge in [0.2, 0.25) is 0 Å². The van der Waals surface area contributed by atoms with Crippen LogP contribution in [0.4, 0.5) is 0 Å². The Balaban J connectivity index is 1.64. The fourth-order valence-electron chi connectivity index (χ4n) is 3.57. The smallest absolute Gasteiger partial charge is 0.139 e. The van der Waals surface area contributed by atoms with Crippen molar-refractivity contribution in [1.82, 2.24) is 4.90 Å². The third-order valence-corrected chi connectivity index (χ3v) is 4.92. The van der Waals surface area contributed by atoms with Crippen LogP contribution in [0.2, 0.25) is 0 Å². The number of benzene rings is 2. The molecule has 1 saturated heterocycles. The first-order valence-corrected chi connectivity index (χ1v) is 8.16. The van der Waals surface area contributed by atoms with Crippen molar-refractivity contribution in [2.24, 2.45) is 5.92 Å². The molecule has 2 N–H and O–H groups in total. The van der Waals surface area contributed by atoms with E-state index >= 15 is 0 Å². The van der Waals surface area contributed by atoms with E-state index in [0.29, 0.717) is 6.54 Å². The maximum absolute atomic E-state index is 10.1. The number of hydrogen-bond donors (Lipinski definition) is 2. The Morgan fingerprint density at radius 3 is 2.74 bits per heavy atom. The SMILES string of the molecule is OC[C@H]1CCN(Cc2cccc3c2oc2ccccc23)C[C@H]1O.